The van der Waals surface area contributed by atoms with E-state index < -0.39 is 33.2 Å². The highest BCUT2D eigenvalue weighted by molar-refractivity contribution is 7.91. The Kier molecular flexibility index (Phi) is 6.68. The number of aliphatic hydroxyl groups is 1. The molecule has 0 aromatic heterocycles. The molecule has 162 valence electrons. The van der Waals surface area contributed by atoms with Crippen molar-refractivity contribution in [2.24, 2.45) is 5.41 Å². The summed E-state index contributed by atoms with van der Waals surface area (Å²) >= 11 is 0. The van der Waals surface area contributed by atoms with Gasteiger partial charge in [-0.15, -0.1) is 0 Å². The normalized spacial score (nSPS) is 25.2. The van der Waals surface area contributed by atoms with Gasteiger partial charge >= 0.3 is 5.97 Å². The maximum Gasteiger partial charge on any atom is 0.308 e. The van der Waals surface area contributed by atoms with Gasteiger partial charge in [-0.05, 0) is 36.1 Å². The van der Waals surface area contributed by atoms with Crippen molar-refractivity contribution >= 4 is 15.8 Å². The average Bonchev–Trinajstić information content (AvgIpc) is 2.78. The number of carbonyl (C=O) groups is 1. The number of sulfone groups is 1. The molecule has 1 heterocycles. The Labute approximate surface area is 179 Å². The molecule has 0 saturated carbocycles. The standard InChI is InChI=1S/C24H30O5S/c1-4-6-14-24(5-2)16-30(27,28)21-15-19(29-17(3)25)12-13-20(21)22(23(24)26)18-10-8-7-9-11-18/h7-13,15,22-23,26H,4-6,14,16H2,1-3H3/t22-,23?,24+/m1/s1. The lowest BCUT2D eigenvalue weighted by Gasteiger charge is -2.39. The minimum atomic E-state index is -3.71. The fourth-order valence-corrected chi connectivity index (χ4v) is 6.88. The molecular weight excluding hydrogens is 400 g/mol. The first kappa shape index (κ1) is 22.5. The van der Waals surface area contributed by atoms with Crippen LogP contribution in [0.5, 0.6) is 5.75 Å². The van der Waals surface area contributed by atoms with Crippen LogP contribution in [0.15, 0.2) is 53.4 Å². The number of rotatable bonds is 6. The zero-order chi connectivity index (χ0) is 21.9. The summed E-state index contributed by atoms with van der Waals surface area (Å²) < 4.78 is 32.2. The summed E-state index contributed by atoms with van der Waals surface area (Å²) in [6.07, 6.45) is 2.10. The molecule has 1 aliphatic rings. The van der Waals surface area contributed by atoms with E-state index in [2.05, 4.69) is 6.92 Å². The molecule has 0 amide bonds. The Hall–Kier alpha value is -2.18. The Balaban J connectivity index is 2.26. The van der Waals surface area contributed by atoms with Gasteiger partial charge in [0.1, 0.15) is 5.75 Å². The molecule has 2 aromatic carbocycles. The van der Waals surface area contributed by atoms with Gasteiger partial charge in [-0.2, -0.15) is 0 Å². The predicted molar refractivity (Wildman–Crippen MR) is 116 cm³/mol. The highest BCUT2D eigenvalue weighted by Gasteiger charge is 2.48. The number of fused-ring (bicyclic) bond motifs is 1. The third-order valence-corrected chi connectivity index (χ3v) is 8.21. The molecule has 3 atom stereocenters. The Bertz CT molecular complexity index is 1000. The Morgan fingerprint density at radius 1 is 1.17 bits per heavy atom. The van der Waals surface area contributed by atoms with Crippen LogP contribution in [0.3, 0.4) is 0 Å². The van der Waals surface area contributed by atoms with Crippen LogP contribution in [0.25, 0.3) is 0 Å². The molecule has 2 aromatic rings. The fraction of sp³-hybridized carbons (Fsp3) is 0.458. The van der Waals surface area contributed by atoms with Crippen molar-refractivity contribution in [3.8, 4) is 5.75 Å². The van der Waals surface area contributed by atoms with Crippen molar-refractivity contribution in [3.63, 3.8) is 0 Å². The quantitative estimate of drug-likeness (QED) is 0.540. The summed E-state index contributed by atoms with van der Waals surface area (Å²) in [6, 6.07) is 14.3. The SMILES string of the molecule is CCCC[C@@]1(CC)CS(=O)(=O)c2cc(OC(C)=O)ccc2[C@@H](c2ccccc2)C1O. The van der Waals surface area contributed by atoms with Gasteiger partial charge in [-0.25, -0.2) is 8.42 Å². The first-order valence-corrected chi connectivity index (χ1v) is 12.2. The van der Waals surface area contributed by atoms with E-state index in [1.54, 1.807) is 12.1 Å². The minimum Gasteiger partial charge on any atom is -0.427 e. The summed E-state index contributed by atoms with van der Waals surface area (Å²) in [5.41, 5.74) is 0.671. The van der Waals surface area contributed by atoms with Crippen molar-refractivity contribution < 1.29 is 23.1 Å². The summed E-state index contributed by atoms with van der Waals surface area (Å²) in [5, 5.41) is 11.7. The molecule has 6 heteroatoms. The minimum absolute atomic E-state index is 0.127. The number of esters is 1. The van der Waals surface area contributed by atoms with E-state index in [4.69, 9.17) is 4.74 Å². The van der Waals surface area contributed by atoms with E-state index >= 15 is 0 Å². The van der Waals surface area contributed by atoms with Crippen LogP contribution in [0.1, 0.15) is 63.5 Å². The average molecular weight is 431 g/mol. The number of hydrogen-bond acceptors (Lipinski definition) is 5. The highest BCUT2D eigenvalue weighted by Crippen LogP contribution is 2.49. The van der Waals surface area contributed by atoms with Crippen LogP contribution in [-0.4, -0.2) is 31.4 Å². The van der Waals surface area contributed by atoms with E-state index in [9.17, 15) is 18.3 Å². The lowest BCUT2D eigenvalue weighted by Crippen LogP contribution is -2.42. The molecule has 3 rings (SSSR count). The summed E-state index contributed by atoms with van der Waals surface area (Å²) in [4.78, 5) is 11.5. The van der Waals surface area contributed by atoms with Crippen LogP contribution in [0, 0.1) is 5.41 Å². The second-order valence-corrected chi connectivity index (χ2v) is 10.2. The fourth-order valence-electron chi connectivity index (χ4n) is 4.59. The van der Waals surface area contributed by atoms with Crippen molar-refractivity contribution in [1.82, 2.24) is 0 Å². The lowest BCUT2D eigenvalue weighted by molar-refractivity contribution is -0.131. The van der Waals surface area contributed by atoms with E-state index in [0.717, 1.165) is 18.4 Å². The monoisotopic (exact) mass is 430 g/mol. The van der Waals surface area contributed by atoms with E-state index in [1.165, 1.54) is 13.0 Å². The summed E-state index contributed by atoms with van der Waals surface area (Å²) in [7, 11) is -3.71. The lowest BCUT2D eigenvalue weighted by atomic mass is 9.69. The van der Waals surface area contributed by atoms with Crippen molar-refractivity contribution in [2.75, 3.05) is 5.75 Å². The van der Waals surface area contributed by atoms with Gasteiger partial charge in [0.15, 0.2) is 9.84 Å². The maximum absolute atomic E-state index is 13.5. The Morgan fingerprint density at radius 2 is 1.87 bits per heavy atom. The molecule has 1 unspecified atom stereocenters. The highest BCUT2D eigenvalue weighted by atomic mass is 32.2. The van der Waals surface area contributed by atoms with Gasteiger partial charge in [0.2, 0.25) is 0 Å². The second-order valence-electron chi connectivity index (χ2n) is 8.21. The molecule has 0 saturated heterocycles. The van der Waals surface area contributed by atoms with E-state index in [-0.39, 0.29) is 16.4 Å². The maximum atomic E-state index is 13.5. The summed E-state index contributed by atoms with van der Waals surface area (Å²) in [5.74, 6) is -0.922. The molecule has 0 spiro atoms. The van der Waals surface area contributed by atoms with Crippen molar-refractivity contribution in [1.29, 1.82) is 0 Å². The van der Waals surface area contributed by atoms with Crippen molar-refractivity contribution in [2.45, 2.75) is 63.4 Å². The van der Waals surface area contributed by atoms with Crippen LogP contribution < -0.4 is 4.74 Å². The first-order chi connectivity index (χ1) is 14.2. The van der Waals surface area contributed by atoms with Crippen LogP contribution in [0.4, 0.5) is 0 Å². The molecule has 30 heavy (non-hydrogen) atoms. The van der Waals surface area contributed by atoms with Crippen LogP contribution >= 0.6 is 0 Å². The number of unbranched alkanes of at least 4 members (excludes halogenated alkanes) is 1. The Morgan fingerprint density at radius 3 is 2.47 bits per heavy atom. The molecule has 0 aliphatic carbocycles. The van der Waals surface area contributed by atoms with Gasteiger partial charge in [-0.1, -0.05) is 63.1 Å². The van der Waals surface area contributed by atoms with Crippen LogP contribution in [0.2, 0.25) is 0 Å². The predicted octanol–water partition coefficient (Wildman–Crippen LogP) is 4.48. The third kappa shape index (κ3) is 4.30. The smallest absolute Gasteiger partial charge is 0.308 e. The molecule has 1 aliphatic heterocycles. The van der Waals surface area contributed by atoms with Gasteiger partial charge in [0, 0.05) is 18.3 Å². The molecular formula is C24H30O5S. The van der Waals surface area contributed by atoms with Gasteiger partial charge in [0.25, 0.3) is 0 Å². The van der Waals surface area contributed by atoms with Gasteiger partial charge in [-0.3, -0.25) is 4.79 Å². The number of aliphatic hydroxyl groups excluding tert-OH is 1. The van der Waals surface area contributed by atoms with Gasteiger partial charge in [0.05, 0.1) is 16.8 Å². The molecule has 0 fully saturated rings. The molecule has 0 radical (unpaired) electrons. The summed E-state index contributed by atoms with van der Waals surface area (Å²) in [6.45, 7) is 5.30. The third-order valence-electron chi connectivity index (χ3n) is 6.23. The van der Waals surface area contributed by atoms with E-state index in [1.807, 2.05) is 37.3 Å². The molecule has 5 nitrogen and oxygen atoms in total. The number of hydrogen-bond donors (Lipinski definition) is 1. The topological polar surface area (TPSA) is 80.7 Å². The largest absolute Gasteiger partial charge is 0.427 e. The molecule has 1 N–H and O–H groups in total. The zero-order valence-electron chi connectivity index (χ0n) is 17.8. The zero-order valence-corrected chi connectivity index (χ0v) is 18.6. The molecule has 0 bridgehead atoms. The van der Waals surface area contributed by atoms with E-state index in [0.29, 0.717) is 18.4 Å². The number of benzene rings is 2. The van der Waals surface area contributed by atoms with Gasteiger partial charge < -0.3 is 9.84 Å². The second kappa shape index (κ2) is 8.90. The number of carbonyl (C=O) groups excluding carboxylic acids is 1. The first-order valence-electron chi connectivity index (χ1n) is 10.5. The van der Waals surface area contributed by atoms with Crippen LogP contribution in [-0.2, 0) is 14.6 Å². The number of ether oxygens (including phenoxy) is 1. The van der Waals surface area contributed by atoms with Crippen molar-refractivity contribution in [3.05, 3.63) is 59.7 Å².